The molecule has 1 rings (SSSR count). The highest BCUT2D eigenvalue weighted by atomic mass is 19.3. The number of nitrogens with zero attached hydrogens (tertiary/aromatic N) is 1. The van der Waals surface area contributed by atoms with Crippen molar-refractivity contribution in [1.29, 1.82) is 0 Å². The predicted molar refractivity (Wildman–Crippen MR) is 54.5 cm³/mol. The van der Waals surface area contributed by atoms with Crippen LogP contribution >= 0.6 is 0 Å². The van der Waals surface area contributed by atoms with Gasteiger partial charge in [0.05, 0.1) is 0 Å². The van der Waals surface area contributed by atoms with Crippen LogP contribution in [0.3, 0.4) is 0 Å². The lowest BCUT2D eigenvalue weighted by Crippen LogP contribution is -2.36. The Kier molecular flexibility index (Phi) is 4.00. The third-order valence-electron chi connectivity index (χ3n) is 2.37. The Morgan fingerprint density at radius 1 is 1.56 bits per heavy atom. The van der Waals surface area contributed by atoms with Crippen molar-refractivity contribution in [1.82, 2.24) is 9.88 Å². The van der Waals surface area contributed by atoms with Crippen LogP contribution in [-0.4, -0.2) is 34.7 Å². The van der Waals surface area contributed by atoms with Crippen LogP contribution in [0, 0.1) is 6.92 Å². The summed E-state index contributed by atoms with van der Waals surface area (Å²) in [6, 6.07) is 3.35. The molecule has 4 nitrogen and oxygen atoms in total. The molecule has 0 saturated heterocycles. The molecule has 0 aliphatic carbocycles. The van der Waals surface area contributed by atoms with E-state index in [0.717, 1.165) is 5.69 Å². The highest BCUT2D eigenvalue weighted by Crippen LogP contribution is 2.06. The van der Waals surface area contributed by atoms with Crippen LogP contribution in [0.5, 0.6) is 0 Å². The largest absolute Gasteiger partial charge is 0.385 e. The molecule has 0 aliphatic heterocycles. The summed E-state index contributed by atoms with van der Waals surface area (Å²) in [7, 11) is 1.70. The summed E-state index contributed by atoms with van der Waals surface area (Å²) in [5.41, 5.74) is 1.26. The maximum Gasteiger partial charge on any atom is 0.267 e. The van der Waals surface area contributed by atoms with E-state index in [4.69, 9.17) is 5.11 Å². The van der Waals surface area contributed by atoms with Crippen molar-refractivity contribution in [3.05, 3.63) is 23.5 Å². The summed E-state index contributed by atoms with van der Waals surface area (Å²) in [6.45, 7) is 1.37. The molecule has 0 saturated carbocycles. The highest BCUT2D eigenvalue weighted by molar-refractivity contribution is 5.92. The number of halogens is 2. The van der Waals surface area contributed by atoms with Crippen LogP contribution in [0.2, 0.25) is 0 Å². The fourth-order valence-corrected chi connectivity index (χ4v) is 1.22. The molecule has 0 radical (unpaired) electrons. The number of nitrogens with one attached hydrogen (secondary N) is 1. The second kappa shape index (κ2) is 5.07. The van der Waals surface area contributed by atoms with Crippen molar-refractivity contribution in [2.45, 2.75) is 19.5 Å². The van der Waals surface area contributed by atoms with E-state index in [-0.39, 0.29) is 0 Å². The molecule has 1 heterocycles. The van der Waals surface area contributed by atoms with Gasteiger partial charge in [0, 0.05) is 19.3 Å². The molecule has 16 heavy (non-hydrogen) atoms. The summed E-state index contributed by atoms with van der Waals surface area (Å²) in [4.78, 5) is 11.5. The van der Waals surface area contributed by atoms with Crippen LogP contribution in [-0.2, 0) is 7.05 Å². The molecule has 0 aromatic carbocycles. The Morgan fingerprint density at radius 2 is 2.19 bits per heavy atom. The molecule has 6 heteroatoms. The van der Waals surface area contributed by atoms with Gasteiger partial charge in [0.15, 0.2) is 0 Å². The SMILES string of the molecule is Cc1ccc(C(=O)NCC(O)C(F)F)n1C. The Labute approximate surface area is 91.9 Å². The van der Waals surface area contributed by atoms with Gasteiger partial charge in [-0.2, -0.15) is 0 Å². The minimum atomic E-state index is -2.85. The van der Waals surface area contributed by atoms with Gasteiger partial charge < -0.3 is 15.0 Å². The van der Waals surface area contributed by atoms with Crippen LogP contribution < -0.4 is 5.32 Å². The number of alkyl halides is 2. The first kappa shape index (κ1) is 12.6. The van der Waals surface area contributed by atoms with Crippen molar-refractivity contribution >= 4 is 5.91 Å². The van der Waals surface area contributed by atoms with E-state index in [1.807, 2.05) is 6.92 Å². The number of aliphatic hydroxyl groups is 1. The molecular formula is C10H14F2N2O2. The van der Waals surface area contributed by atoms with Gasteiger partial charge in [-0.25, -0.2) is 8.78 Å². The fraction of sp³-hybridized carbons (Fsp3) is 0.500. The Morgan fingerprint density at radius 3 is 2.62 bits per heavy atom. The topological polar surface area (TPSA) is 54.3 Å². The third kappa shape index (κ3) is 2.79. The third-order valence-corrected chi connectivity index (χ3v) is 2.37. The van der Waals surface area contributed by atoms with Gasteiger partial charge in [0.1, 0.15) is 11.8 Å². The second-order valence-corrected chi connectivity index (χ2v) is 3.53. The number of aromatic nitrogens is 1. The maximum absolute atomic E-state index is 12.0. The highest BCUT2D eigenvalue weighted by Gasteiger charge is 2.18. The number of aliphatic hydroxyl groups excluding tert-OH is 1. The van der Waals surface area contributed by atoms with Crippen molar-refractivity contribution in [2.75, 3.05) is 6.54 Å². The summed E-state index contributed by atoms with van der Waals surface area (Å²) in [6.07, 6.45) is -4.68. The van der Waals surface area contributed by atoms with E-state index >= 15 is 0 Å². The zero-order chi connectivity index (χ0) is 12.3. The summed E-state index contributed by atoms with van der Waals surface area (Å²) in [5, 5.41) is 11.1. The average Bonchev–Trinajstić information content (AvgIpc) is 2.55. The number of rotatable bonds is 4. The zero-order valence-electron chi connectivity index (χ0n) is 9.08. The molecule has 0 spiro atoms. The number of hydrogen-bond acceptors (Lipinski definition) is 2. The van der Waals surface area contributed by atoms with Crippen molar-refractivity contribution in [3.63, 3.8) is 0 Å². The van der Waals surface area contributed by atoms with Gasteiger partial charge in [0.25, 0.3) is 12.3 Å². The molecule has 1 amide bonds. The standard InChI is InChI=1S/C10H14F2N2O2/c1-6-3-4-7(14(6)2)10(16)13-5-8(15)9(11)12/h3-4,8-9,15H,5H2,1-2H3,(H,13,16). The first-order valence-electron chi connectivity index (χ1n) is 4.80. The molecular weight excluding hydrogens is 218 g/mol. The number of aryl methyl sites for hydroxylation is 1. The van der Waals surface area contributed by atoms with Gasteiger partial charge in [-0.1, -0.05) is 0 Å². The van der Waals surface area contributed by atoms with E-state index in [1.165, 1.54) is 0 Å². The van der Waals surface area contributed by atoms with E-state index < -0.39 is 25.0 Å². The molecule has 1 aromatic heterocycles. The molecule has 0 bridgehead atoms. The smallest absolute Gasteiger partial charge is 0.267 e. The predicted octanol–water partition coefficient (Wildman–Crippen LogP) is 0.689. The lowest BCUT2D eigenvalue weighted by atomic mass is 10.3. The second-order valence-electron chi connectivity index (χ2n) is 3.53. The molecule has 0 aliphatic rings. The maximum atomic E-state index is 12.0. The van der Waals surface area contributed by atoms with Gasteiger partial charge in [-0.15, -0.1) is 0 Å². The number of carbonyl (C=O) groups is 1. The van der Waals surface area contributed by atoms with Gasteiger partial charge in [-0.05, 0) is 19.1 Å². The molecule has 0 fully saturated rings. The molecule has 90 valence electrons. The lowest BCUT2D eigenvalue weighted by molar-refractivity contribution is -0.00274. The van der Waals surface area contributed by atoms with Crippen LogP contribution in [0.25, 0.3) is 0 Å². The fourth-order valence-electron chi connectivity index (χ4n) is 1.22. The van der Waals surface area contributed by atoms with Gasteiger partial charge in [-0.3, -0.25) is 4.79 Å². The van der Waals surface area contributed by atoms with Crippen molar-refractivity contribution < 1.29 is 18.7 Å². The molecule has 1 aromatic rings. The average molecular weight is 232 g/mol. The summed E-state index contributed by atoms with van der Waals surface area (Å²) < 4.78 is 25.6. The summed E-state index contributed by atoms with van der Waals surface area (Å²) >= 11 is 0. The normalized spacial score (nSPS) is 12.9. The van der Waals surface area contributed by atoms with E-state index in [9.17, 15) is 13.6 Å². The zero-order valence-corrected chi connectivity index (χ0v) is 9.08. The van der Waals surface area contributed by atoms with Crippen LogP contribution in [0.1, 0.15) is 16.2 Å². The van der Waals surface area contributed by atoms with Gasteiger partial charge >= 0.3 is 0 Å². The van der Waals surface area contributed by atoms with Crippen LogP contribution in [0.4, 0.5) is 8.78 Å². The van der Waals surface area contributed by atoms with E-state index in [0.29, 0.717) is 5.69 Å². The van der Waals surface area contributed by atoms with Crippen molar-refractivity contribution in [3.8, 4) is 0 Å². The number of amides is 1. The number of carbonyl (C=O) groups excluding carboxylic acids is 1. The monoisotopic (exact) mass is 232 g/mol. The molecule has 2 N–H and O–H groups in total. The minimum Gasteiger partial charge on any atom is -0.385 e. The van der Waals surface area contributed by atoms with Gasteiger partial charge in [0.2, 0.25) is 0 Å². The lowest BCUT2D eigenvalue weighted by Gasteiger charge is -2.11. The summed E-state index contributed by atoms with van der Waals surface area (Å²) in [5.74, 6) is -0.477. The number of hydrogen-bond donors (Lipinski definition) is 2. The Bertz CT molecular complexity index is 377. The van der Waals surface area contributed by atoms with E-state index in [2.05, 4.69) is 5.32 Å². The first-order chi connectivity index (χ1) is 7.43. The van der Waals surface area contributed by atoms with Crippen molar-refractivity contribution in [2.24, 2.45) is 7.05 Å². The Balaban J connectivity index is 2.57. The Hall–Kier alpha value is -1.43. The molecule has 1 atom stereocenters. The quantitative estimate of drug-likeness (QED) is 0.802. The van der Waals surface area contributed by atoms with Crippen LogP contribution in [0.15, 0.2) is 12.1 Å². The van der Waals surface area contributed by atoms with E-state index in [1.54, 1.807) is 23.7 Å². The molecule has 1 unspecified atom stereocenters. The minimum absolute atomic E-state index is 0.374. The first-order valence-corrected chi connectivity index (χ1v) is 4.80.